The van der Waals surface area contributed by atoms with Crippen LogP contribution in [0.2, 0.25) is 5.02 Å². The van der Waals surface area contributed by atoms with Crippen LogP contribution in [0, 0.1) is 23.1 Å². The van der Waals surface area contributed by atoms with Gasteiger partial charge in [-0.3, -0.25) is 9.98 Å². The van der Waals surface area contributed by atoms with Gasteiger partial charge in [0.15, 0.2) is 5.82 Å². The van der Waals surface area contributed by atoms with Crippen LogP contribution < -0.4 is 22.1 Å². The van der Waals surface area contributed by atoms with Crippen molar-refractivity contribution in [2.45, 2.75) is 76.9 Å². The fraction of sp³-hybridized carbons (Fsp3) is 0.441. The number of benzene rings is 2. The minimum Gasteiger partial charge on any atom is -0.374 e. The van der Waals surface area contributed by atoms with Gasteiger partial charge in [0.1, 0.15) is 5.65 Å². The molecule has 0 amide bonds. The molecule has 2 aromatic heterocycles. The van der Waals surface area contributed by atoms with Gasteiger partial charge in [-0.25, -0.2) is 9.18 Å². The van der Waals surface area contributed by atoms with Gasteiger partial charge in [-0.1, -0.05) is 23.7 Å². The fourth-order valence-corrected chi connectivity index (χ4v) is 6.30. The number of amidine groups is 1. The topological polar surface area (TPSA) is 125 Å². The van der Waals surface area contributed by atoms with Gasteiger partial charge in [0.05, 0.1) is 22.2 Å². The Hall–Kier alpha value is -3.53. The maximum Gasteiger partial charge on any atom is 0.354 e. The molecule has 2 fully saturated rings. The lowest BCUT2D eigenvalue weighted by Gasteiger charge is -2.19. The number of aryl methyl sites for hydroxylation is 1. The van der Waals surface area contributed by atoms with Crippen molar-refractivity contribution in [2.75, 3.05) is 6.54 Å². The molecule has 0 bridgehead atoms. The summed E-state index contributed by atoms with van der Waals surface area (Å²) in [5.74, 6) is 1.36. The van der Waals surface area contributed by atoms with Gasteiger partial charge < -0.3 is 21.4 Å². The second-order valence-electron chi connectivity index (χ2n) is 12.5. The minimum absolute atomic E-state index is 0.0753. The number of fused-ring (bicyclic) bond motifs is 1. The number of H-pyrrole nitrogens is 1. The number of rotatable bonds is 14. The van der Waals surface area contributed by atoms with Crippen molar-refractivity contribution in [3.05, 3.63) is 81.1 Å². The first-order chi connectivity index (χ1) is 21.2. The molecule has 0 spiro atoms. The molecule has 2 heterocycles. The van der Waals surface area contributed by atoms with Gasteiger partial charge in [-0.05, 0) is 112 Å². The second-order valence-corrected chi connectivity index (χ2v) is 13.0. The molecule has 44 heavy (non-hydrogen) atoms. The van der Waals surface area contributed by atoms with E-state index in [4.69, 9.17) is 22.7 Å². The van der Waals surface area contributed by atoms with Gasteiger partial charge in [-0.15, -0.1) is 0 Å². The quantitative estimate of drug-likeness (QED) is 0.0867. The van der Waals surface area contributed by atoms with Gasteiger partial charge in [0.2, 0.25) is 0 Å². The molecule has 6 N–H and O–H groups in total. The van der Waals surface area contributed by atoms with E-state index in [0.29, 0.717) is 51.7 Å². The van der Waals surface area contributed by atoms with Crippen LogP contribution >= 0.6 is 11.6 Å². The first kappa shape index (κ1) is 30.5. The highest BCUT2D eigenvalue weighted by Gasteiger charge is 2.30. The van der Waals surface area contributed by atoms with E-state index in [-0.39, 0.29) is 11.1 Å². The Balaban J connectivity index is 1.15. The number of hydrogen-bond acceptors (Lipinski definition) is 5. The molecule has 0 aliphatic heterocycles. The van der Waals surface area contributed by atoms with Gasteiger partial charge >= 0.3 is 5.69 Å². The number of aromatic nitrogens is 3. The van der Waals surface area contributed by atoms with Crippen LogP contribution in [-0.2, 0) is 13.0 Å². The maximum atomic E-state index is 15.2. The molecule has 6 rings (SSSR count). The van der Waals surface area contributed by atoms with E-state index in [1.54, 1.807) is 19.2 Å². The highest BCUT2D eigenvalue weighted by atomic mass is 35.5. The average Bonchev–Trinajstić information content (AvgIpc) is 3.93. The average molecular weight is 618 g/mol. The number of nitrogens with zero attached hydrogens (tertiary/aromatic N) is 2. The normalized spacial score (nSPS) is 16.3. The van der Waals surface area contributed by atoms with Crippen molar-refractivity contribution in [3.63, 3.8) is 0 Å². The van der Waals surface area contributed by atoms with Crippen molar-refractivity contribution in [1.29, 1.82) is 5.41 Å². The van der Waals surface area contributed by atoms with Crippen LogP contribution in [0.25, 0.3) is 28.0 Å². The third-order valence-electron chi connectivity index (χ3n) is 8.94. The van der Waals surface area contributed by atoms with E-state index in [9.17, 15) is 4.79 Å². The number of halogens is 2. The lowest BCUT2D eigenvalue weighted by molar-refractivity contribution is 0.432. The Labute approximate surface area is 262 Å². The van der Waals surface area contributed by atoms with E-state index < -0.39 is 11.5 Å². The molecule has 4 aromatic rings. The van der Waals surface area contributed by atoms with Crippen molar-refractivity contribution < 1.29 is 4.39 Å². The summed E-state index contributed by atoms with van der Waals surface area (Å²) >= 11 is 6.31. The minimum atomic E-state index is -0.499. The van der Waals surface area contributed by atoms with E-state index in [1.807, 2.05) is 36.4 Å². The predicted octanol–water partition coefficient (Wildman–Crippen LogP) is 6.08. The number of nitrogens with two attached hydrogens (primary N) is 1. The molecule has 2 aliphatic rings. The molecule has 0 radical (unpaired) electrons. The molecule has 0 saturated heterocycles. The van der Waals surface area contributed by atoms with Gasteiger partial charge in [-0.2, -0.15) is 4.98 Å². The first-order valence-corrected chi connectivity index (χ1v) is 16.1. The van der Waals surface area contributed by atoms with Crippen LogP contribution in [-0.4, -0.2) is 39.0 Å². The van der Waals surface area contributed by atoms with E-state index in [1.165, 1.54) is 30.3 Å². The Morgan fingerprint density at radius 3 is 2.59 bits per heavy atom. The highest BCUT2D eigenvalue weighted by molar-refractivity contribution is 6.31. The number of aromatic amines is 1. The standard InChI is InChI=1S/C34H41ClFN7O/c1-20(37)39-14-13-30(24-9-10-24)40-18-21-5-11-26(12-6-21)43-19-25-17-31(41-33(25)42-34(43)44)27-15-22(16-28(35)32(27)36)3-2-4-29(38)23-7-8-23/h5-6,11-12,15-17,19,23-24,29-30,40H,2-4,7-10,13-14,18,38H2,1H3,(H2,37,39)(H,41,42,44)/t29-,30-/m1/s1. The second kappa shape index (κ2) is 13.2. The highest BCUT2D eigenvalue weighted by Crippen LogP contribution is 2.35. The molecule has 2 atom stereocenters. The molecule has 0 unspecified atom stereocenters. The smallest absolute Gasteiger partial charge is 0.354 e. The van der Waals surface area contributed by atoms with Crippen molar-refractivity contribution in [2.24, 2.45) is 17.6 Å². The molecular formula is C34H41ClFN7O. The third-order valence-corrected chi connectivity index (χ3v) is 9.21. The van der Waals surface area contributed by atoms with Crippen LogP contribution in [0.4, 0.5) is 4.39 Å². The Morgan fingerprint density at radius 2 is 1.89 bits per heavy atom. The van der Waals surface area contributed by atoms with Crippen molar-refractivity contribution in [1.82, 2.24) is 25.2 Å². The zero-order valence-corrected chi connectivity index (χ0v) is 25.9. The number of nitrogens with one attached hydrogen (secondary N) is 4. The molecular weight excluding hydrogens is 577 g/mol. The van der Waals surface area contributed by atoms with E-state index >= 15 is 4.39 Å². The largest absolute Gasteiger partial charge is 0.374 e. The van der Waals surface area contributed by atoms with Crippen LogP contribution in [0.5, 0.6) is 0 Å². The summed E-state index contributed by atoms with van der Waals surface area (Å²) in [7, 11) is 0. The summed E-state index contributed by atoms with van der Waals surface area (Å²) in [6, 6.07) is 13.9. The summed E-state index contributed by atoms with van der Waals surface area (Å²) in [4.78, 5) is 20.4. The molecule has 232 valence electrons. The monoisotopic (exact) mass is 617 g/mol. The zero-order chi connectivity index (χ0) is 30.8. The van der Waals surface area contributed by atoms with Gasteiger partial charge in [0, 0.05) is 42.3 Å². The van der Waals surface area contributed by atoms with E-state index in [0.717, 1.165) is 49.9 Å². The Bertz CT molecular complexity index is 1690. The van der Waals surface area contributed by atoms with Crippen molar-refractivity contribution >= 4 is 28.5 Å². The van der Waals surface area contributed by atoms with Crippen LogP contribution in [0.15, 0.2) is 53.5 Å². The molecule has 2 aliphatic carbocycles. The summed E-state index contributed by atoms with van der Waals surface area (Å²) < 4.78 is 16.7. The van der Waals surface area contributed by atoms with Gasteiger partial charge in [0.25, 0.3) is 0 Å². The van der Waals surface area contributed by atoms with Crippen LogP contribution in [0.3, 0.4) is 0 Å². The molecule has 2 saturated carbocycles. The van der Waals surface area contributed by atoms with E-state index in [2.05, 4.69) is 20.6 Å². The Kier molecular flexibility index (Phi) is 9.16. The van der Waals surface area contributed by atoms with Crippen LogP contribution in [0.1, 0.15) is 63.0 Å². The summed E-state index contributed by atoms with van der Waals surface area (Å²) in [6.07, 6.45) is 10.3. The lowest BCUT2D eigenvalue weighted by Crippen LogP contribution is -2.34. The lowest BCUT2D eigenvalue weighted by atomic mass is 10.00. The summed E-state index contributed by atoms with van der Waals surface area (Å²) in [6.45, 7) is 3.29. The van der Waals surface area contributed by atoms with Crippen molar-refractivity contribution in [3.8, 4) is 16.9 Å². The maximum absolute atomic E-state index is 15.2. The molecule has 10 heteroatoms. The summed E-state index contributed by atoms with van der Waals surface area (Å²) in [5, 5.41) is 15.1. The fourth-order valence-electron chi connectivity index (χ4n) is 6.05. The predicted molar refractivity (Wildman–Crippen MR) is 175 cm³/mol. The third kappa shape index (κ3) is 7.39. The first-order valence-electron chi connectivity index (χ1n) is 15.7. The summed E-state index contributed by atoms with van der Waals surface area (Å²) in [5.41, 5.74) is 9.92. The Morgan fingerprint density at radius 1 is 1.14 bits per heavy atom. The number of hydrogen-bond donors (Lipinski definition) is 5. The molecule has 2 aromatic carbocycles. The zero-order valence-electron chi connectivity index (χ0n) is 25.1. The molecule has 8 nitrogen and oxygen atoms in total. The SMILES string of the molecule is CC(=N)NCC[C@@H](NCc1ccc(-n2cc3cc(-c4cc(CCC[C@@H](N)C5CC5)cc(Cl)c4F)[nH]c3nc2=O)cc1)C1CC1.